The minimum absolute atomic E-state index is 0.101. The molecule has 0 bridgehead atoms. The first-order valence-corrected chi connectivity index (χ1v) is 11.3. The number of carbonyl (C=O) groups is 2. The summed E-state index contributed by atoms with van der Waals surface area (Å²) in [6.07, 6.45) is 4.59. The number of nitrogens with zero attached hydrogens (tertiary/aromatic N) is 4. The molecule has 8 heteroatoms. The number of aromatic nitrogens is 3. The molecule has 170 valence electrons. The van der Waals surface area contributed by atoms with Crippen molar-refractivity contribution in [1.29, 1.82) is 0 Å². The van der Waals surface area contributed by atoms with Gasteiger partial charge >= 0.3 is 5.97 Å². The molecule has 0 N–H and O–H groups in total. The van der Waals surface area contributed by atoms with E-state index in [2.05, 4.69) is 4.99 Å². The molecule has 0 aliphatic heterocycles. The molecule has 0 unspecified atom stereocenters. The fraction of sp³-hybridized carbons (Fsp3) is 0.458. The van der Waals surface area contributed by atoms with Crippen molar-refractivity contribution >= 4 is 28.6 Å². The Morgan fingerprint density at radius 2 is 1.91 bits per heavy atom. The number of ether oxygens (including phenoxy) is 1. The van der Waals surface area contributed by atoms with Gasteiger partial charge in [-0.3, -0.25) is 14.0 Å². The van der Waals surface area contributed by atoms with Gasteiger partial charge in [0, 0.05) is 18.7 Å². The quantitative estimate of drug-likeness (QED) is 0.396. The third-order valence-corrected chi connectivity index (χ3v) is 5.57. The second kappa shape index (κ2) is 10.3. The van der Waals surface area contributed by atoms with Crippen LogP contribution in [0.2, 0.25) is 0 Å². The van der Waals surface area contributed by atoms with Gasteiger partial charge in [-0.25, -0.2) is 9.78 Å². The molecular weight excluding hydrogens is 408 g/mol. The van der Waals surface area contributed by atoms with Crippen molar-refractivity contribution in [2.24, 2.45) is 10.9 Å². The molecule has 0 fully saturated rings. The minimum atomic E-state index is -0.617. The van der Waals surface area contributed by atoms with Crippen LogP contribution >= 0.6 is 0 Å². The molecule has 32 heavy (non-hydrogen) atoms. The molecule has 0 radical (unpaired) electrons. The summed E-state index contributed by atoms with van der Waals surface area (Å²) in [7, 11) is 0. The van der Waals surface area contributed by atoms with Crippen molar-refractivity contribution in [2.45, 2.75) is 59.9 Å². The lowest BCUT2D eigenvalue weighted by Crippen LogP contribution is -2.33. The Morgan fingerprint density at radius 3 is 2.56 bits per heavy atom. The zero-order valence-electron chi connectivity index (χ0n) is 19.1. The summed E-state index contributed by atoms with van der Waals surface area (Å²) in [5, 5.41) is 0.279. The number of rotatable bonds is 8. The first kappa shape index (κ1) is 23.4. The summed E-state index contributed by atoms with van der Waals surface area (Å²) in [5.41, 5.74) is 0.896. The number of amides is 1. The zero-order valence-corrected chi connectivity index (χ0v) is 19.1. The van der Waals surface area contributed by atoms with E-state index in [1.54, 1.807) is 35.9 Å². The summed E-state index contributed by atoms with van der Waals surface area (Å²) in [6.45, 7) is 8.26. The minimum Gasteiger partial charge on any atom is -0.462 e. The van der Waals surface area contributed by atoms with Crippen LogP contribution in [-0.4, -0.2) is 32.4 Å². The second-order valence-electron chi connectivity index (χ2n) is 7.65. The van der Waals surface area contributed by atoms with E-state index in [9.17, 15) is 14.4 Å². The normalized spacial score (nSPS) is 12.1. The van der Waals surface area contributed by atoms with Gasteiger partial charge in [0.15, 0.2) is 5.49 Å². The maximum atomic E-state index is 13.2. The zero-order chi connectivity index (χ0) is 23.3. The summed E-state index contributed by atoms with van der Waals surface area (Å²) in [4.78, 5) is 48.1. The van der Waals surface area contributed by atoms with E-state index >= 15 is 0 Å². The Kier molecular flexibility index (Phi) is 7.56. The van der Waals surface area contributed by atoms with E-state index in [0.29, 0.717) is 30.7 Å². The highest BCUT2D eigenvalue weighted by Crippen LogP contribution is 2.14. The van der Waals surface area contributed by atoms with Crippen molar-refractivity contribution in [3.63, 3.8) is 0 Å². The van der Waals surface area contributed by atoms with Crippen LogP contribution in [0.25, 0.3) is 16.7 Å². The van der Waals surface area contributed by atoms with E-state index in [1.807, 2.05) is 20.8 Å². The molecule has 0 aliphatic carbocycles. The maximum Gasteiger partial charge on any atom is 0.341 e. The number of esters is 1. The van der Waals surface area contributed by atoms with Crippen molar-refractivity contribution in [3.05, 3.63) is 51.9 Å². The summed E-state index contributed by atoms with van der Waals surface area (Å²) in [5.74, 6) is -1.15. The van der Waals surface area contributed by atoms with Crippen LogP contribution < -0.4 is 11.0 Å². The van der Waals surface area contributed by atoms with Crippen LogP contribution in [-0.2, 0) is 16.1 Å². The molecule has 3 rings (SSSR count). The number of hydrogen-bond donors (Lipinski definition) is 0. The van der Waals surface area contributed by atoms with Gasteiger partial charge in [0.2, 0.25) is 0 Å². The summed E-state index contributed by atoms with van der Waals surface area (Å²) < 4.78 is 8.41. The van der Waals surface area contributed by atoms with Crippen LogP contribution in [0.1, 0.15) is 63.7 Å². The molecule has 3 aromatic rings. The average molecular weight is 439 g/mol. The van der Waals surface area contributed by atoms with E-state index in [0.717, 1.165) is 12.8 Å². The number of unbranched alkanes of at least 4 members (excludes halogenated alkanes) is 1. The van der Waals surface area contributed by atoms with Crippen LogP contribution in [0.15, 0.2) is 40.2 Å². The van der Waals surface area contributed by atoms with Gasteiger partial charge < -0.3 is 9.30 Å². The van der Waals surface area contributed by atoms with E-state index in [-0.39, 0.29) is 40.4 Å². The molecule has 0 aliphatic rings. The fourth-order valence-corrected chi connectivity index (χ4v) is 3.72. The monoisotopic (exact) mass is 438 g/mol. The molecule has 8 nitrogen and oxygen atoms in total. The molecule has 0 saturated carbocycles. The van der Waals surface area contributed by atoms with Crippen LogP contribution in [0.5, 0.6) is 0 Å². The number of aryl methyl sites for hydroxylation is 1. The van der Waals surface area contributed by atoms with Gasteiger partial charge in [0.25, 0.3) is 11.5 Å². The molecule has 1 amide bonds. The smallest absolute Gasteiger partial charge is 0.341 e. The van der Waals surface area contributed by atoms with E-state index in [4.69, 9.17) is 9.72 Å². The van der Waals surface area contributed by atoms with Crippen molar-refractivity contribution in [2.75, 3.05) is 6.61 Å². The predicted octanol–water partition coefficient (Wildman–Crippen LogP) is 3.49. The number of fused-ring (bicyclic) bond motifs is 2. The van der Waals surface area contributed by atoms with Gasteiger partial charge in [-0.1, -0.05) is 33.3 Å². The first-order valence-electron chi connectivity index (χ1n) is 11.3. The average Bonchev–Trinajstić information content (AvgIpc) is 2.79. The molecular formula is C24H30N4O4. The standard InChI is InChI=1S/C24H30N4O4/c1-5-9-13-28-20-17(23(30)27-14-11-10-12-19(27)25-20)15-18(24(31)32-8-4)21(28)26-22(29)16(6-2)7-3/h10-12,14-16H,5-9,13H2,1-4H3. The number of hydrogen-bond acceptors (Lipinski definition) is 5. The van der Waals surface area contributed by atoms with E-state index < -0.39 is 5.97 Å². The van der Waals surface area contributed by atoms with Gasteiger partial charge in [-0.05, 0) is 44.4 Å². The van der Waals surface area contributed by atoms with Crippen molar-refractivity contribution < 1.29 is 14.3 Å². The Labute approximate surface area is 186 Å². The maximum absolute atomic E-state index is 13.2. The van der Waals surface area contributed by atoms with Gasteiger partial charge in [-0.2, -0.15) is 4.99 Å². The number of carbonyl (C=O) groups excluding carboxylic acids is 2. The van der Waals surface area contributed by atoms with Crippen LogP contribution in [0.4, 0.5) is 0 Å². The molecule has 3 aromatic heterocycles. The molecule has 0 spiro atoms. The molecule has 0 saturated heterocycles. The largest absolute Gasteiger partial charge is 0.462 e. The summed E-state index contributed by atoms with van der Waals surface area (Å²) >= 11 is 0. The van der Waals surface area contributed by atoms with Gasteiger partial charge in [0.05, 0.1) is 12.0 Å². The SMILES string of the molecule is CCCCn1c(=NC(=O)C(CC)CC)c(C(=O)OCC)cc2c(=O)n3ccccc3nc21. The molecule has 3 heterocycles. The van der Waals surface area contributed by atoms with Crippen molar-refractivity contribution in [1.82, 2.24) is 14.0 Å². The first-order chi connectivity index (χ1) is 15.5. The van der Waals surface area contributed by atoms with Gasteiger partial charge in [-0.15, -0.1) is 0 Å². The van der Waals surface area contributed by atoms with E-state index in [1.165, 1.54) is 10.5 Å². The van der Waals surface area contributed by atoms with Crippen molar-refractivity contribution in [3.8, 4) is 0 Å². The highest BCUT2D eigenvalue weighted by atomic mass is 16.5. The van der Waals surface area contributed by atoms with Gasteiger partial charge in [0.1, 0.15) is 16.9 Å². The highest BCUT2D eigenvalue weighted by molar-refractivity contribution is 5.93. The third-order valence-electron chi connectivity index (χ3n) is 5.57. The topological polar surface area (TPSA) is 95.0 Å². The Hall–Kier alpha value is -3.29. The lowest BCUT2D eigenvalue weighted by molar-refractivity contribution is -0.122. The highest BCUT2D eigenvalue weighted by Gasteiger charge is 2.21. The molecule has 0 aromatic carbocycles. The van der Waals surface area contributed by atoms with Crippen LogP contribution in [0.3, 0.4) is 0 Å². The fourth-order valence-electron chi connectivity index (χ4n) is 3.72. The lowest BCUT2D eigenvalue weighted by atomic mass is 10.0. The Bertz CT molecular complexity index is 1270. The third kappa shape index (κ3) is 4.49. The Balaban J connectivity index is 2.47. The lowest BCUT2D eigenvalue weighted by Gasteiger charge is -2.15. The molecule has 0 atom stereocenters. The Morgan fingerprint density at radius 1 is 1.16 bits per heavy atom. The predicted molar refractivity (Wildman–Crippen MR) is 122 cm³/mol. The second-order valence-corrected chi connectivity index (χ2v) is 7.65. The summed E-state index contributed by atoms with van der Waals surface area (Å²) in [6, 6.07) is 6.76. The number of pyridine rings is 2. The van der Waals surface area contributed by atoms with Crippen LogP contribution in [0, 0.1) is 5.92 Å².